The molecule has 3 aromatic rings. The van der Waals surface area contributed by atoms with Gasteiger partial charge in [0.25, 0.3) is 0 Å². The topological polar surface area (TPSA) is 52.8 Å². The van der Waals surface area contributed by atoms with Gasteiger partial charge in [-0.3, -0.25) is 9.97 Å². The van der Waals surface area contributed by atoms with Crippen LogP contribution >= 0.6 is 0 Å². The minimum Gasteiger partial charge on any atom is -0.486 e. The van der Waals surface area contributed by atoms with Gasteiger partial charge in [-0.15, -0.1) is 0 Å². The zero-order valence-corrected chi connectivity index (χ0v) is 11.1. The van der Waals surface area contributed by atoms with Gasteiger partial charge in [-0.25, -0.2) is 4.98 Å². The molecule has 0 aliphatic carbocycles. The molecular weight excluding hydrogens is 252 g/mol. The quantitative estimate of drug-likeness (QED) is 0.728. The molecule has 0 bridgehead atoms. The van der Waals surface area contributed by atoms with E-state index in [9.17, 15) is 0 Å². The third kappa shape index (κ3) is 2.66. The van der Waals surface area contributed by atoms with Crippen LogP contribution in [0.3, 0.4) is 0 Å². The predicted octanol–water partition coefficient (Wildman–Crippen LogP) is 2.46. The molecule has 5 heteroatoms. The summed E-state index contributed by atoms with van der Waals surface area (Å²) in [5.74, 6) is 0.728. The molecule has 0 saturated heterocycles. The van der Waals surface area contributed by atoms with E-state index in [-0.39, 0.29) is 0 Å². The third-order valence-electron chi connectivity index (χ3n) is 2.97. The Kier molecular flexibility index (Phi) is 3.41. The third-order valence-corrected chi connectivity index (χ3v) is 2.97. The summed E-state index contributed by atoms with van der Waals surface area (Å²) in [5, 5.41) is 0. The second kappa shape index (κ2) is 5.52. The van der Waals surface area contributed by atoms with Gasteiger partial charge in [0.1, 0.15) is 12.4 Å². The Bertz CT molecular complexity index is 677. The highest BCUT2D eigenvalue weighted by atomic mass is 16.5. The van der Waals surface area contributed by atoms with Crippen LogP contribution in [0.25, 0.3) is 11.4 Å². The van der Waals surface area contributed by atoms with Crippen LogP contribution in [0.2, 0.25) is 0 Å². The number of aromatic nitrogens is 4. The monoisotopic (exact) mass is 266 g/mol. The molecule has 3 rings (SSSR count). The first-order valence-electron chi connectivity index (χ1n) is 6.28. The average molecular weight is 266 g/mol. The van der Waals surface area contributed by atoms with Crippen molar-refractivity contribution in [2.24, 2.45) is 7.05 Å². The van der Waals surface area contributed by atoms with E-state index >= 15 is 0 Å². The summed E-state index contributed by atoms with van der Waals surface area (Å²) in [4.78, 5) is 12.7. The summed E-state index contributed by atoms with van der Waals surface area (Å²) in [5.41, 5.74) is 2.70. The number of hydrogen-bond acceptors (Lipinski definition) is 4. The van der Waals surface area contributed by atoms with Crippen LogP contribution in [0.15, 0.2) is 55.2 Å². The predicted molar refractivity (Wildman–Crippen MR) is 75.0 cm³/mol. The van der Waals surface area contributed by atoms with Crippen LogP contribution < -0.4 is 4.74 Å². The second-order valence-electron chi connectivity index (χ2n) is 4.38. The summed E-state index contributed by atoms with van der Waals surface area (Å²) in [7, 11) is 1.94. The number of ether oxygens (including phenoxy) is 1. The van der Waals surface area contributed by atoms with Gasteiger partial charge >= 0.3 is 0 Å². The van der Waals surface area contributed by atoms with Gasteiger partial charge in [-0.2, -0.15) is 0 Å². The van der Waals surface area contributed by atoms with Crippen molar-refractivity contribution in [2.45, 2.75) is 6.61 Å². The molecule has 0 spiro atoms. The van der Waals surface area contributed by atoms with Gasteiger partial charge < -0.3 is 9.30 Å². The van der Waals surface area contributed by atoms with Crippen molar-refractivity contribution in [3.63, 3.8) is 0 Å². The lowest BCUT2D eigenvalue weighted by molar-refractivity contribution is 0.296. The molecule has 0 radical (unpaired) electrons. The largest absolute Gasteiger partial charge is 0.486 e. The van der Waals surface area contributed by atoms with Crippen molar-refractivity contribution in [1.82, 2.24) is 19.5 Å². The van der Waals surface area contributed by atoms with Crippen LogP contribution in [0.1, 0.15) is 5.69 Å². The fourth-order valence-corrected chi connectivity index (χ4v) is 1.81. The van der Waals surface area contributed by atoms with E-state index in [0.29, 0.717) is 6.61 Å². The first-order chi connectivity index (χ1) is 9.83. The highest BCUT2D eigenvalue weighted by molar-refractivity contribution is 5.53. The van der Waals surface area contributed by atoms with Gasteiger partial charge in [-0.1, -0.05) is 6.07 Å². The highest BCUT2D eigenvalue weighted by Crippen LogP contribution is 2.17. The van der Waals surface area contributed by atoms with Crippen molar-refractivity contribution >= 4 is 0 Å². The molecule has 20 heavy (non-hydrogen) atoms. The van der Waals surface area contributed by atoms with E-state index in [1.165, 1.54) is 0 Å². The normalized spacial score (nSPS) is 10.4. The smallest absolute Gasteiger partial charge is 0.138 e. The van der Waals surface area contributed by atoms with Crippen LogP contribution in [-0.2, 0) is 13.7 Å². The lowest BCUT2D eigenvalue weighted by atomic mass is 10.2. The number of imidazole rings is 1. The molecule has 3 aromatic heterocycles. The zero-order chi connectivity index (χ0) is 13.8. The fourth-order valence-electron chi connectivity index (χ4n) is 1.81. The minimum atomic E-state index is 0.473. The molecule has 0 atom stereocenters. The second-order valence-corrected chi connectivity index (χ2v) is 4.38. The lowest BCUT2D eigenvalue weighted by Crippen LogP contribution is -2.01. The Labute approximate surface area is 116 Å². The van der Waals surface area contributed by atoms with Gasteiger partial charge in [-0.05, 0) is 24.3 Å². The Balaban J connectivity index is 1.69. The Morgan fingerprint density at radius 2 is 1.95 bits per heavy atom. The summed E-state index contributed by atoms with van der Waals surface area (Å²) in [6, 6.07) is 9.55. The van der Waals surface area contributed by atoms with Gasteiger partial charge in [0, 0.05) is 13.2 Å². The van der Waals surface area contributed by atoms with Crippen LogP contribution in [0.5, 0.6) is 5.75 Å². The minimum absolute atomic E-state index is 0.473. The molecule has 0 fully saturated rings. The molecule has 0 aliphatic rings. The molecule has 5 nitrogen and oxygen atoms in total. The number of pyridine rings is 2. The molecule has 0 saturated carbocycles. The van der Waals surface area contributed by atoms with Crippen molar-refractivity contribution in [1.29, 1.82) is 0 Å². The van der Waals surface area contributed by atoms with Crippen molar-refractivity contribution < 1.29 is 4.74 Å². The van der Waals surface area contributed by atoms with E-state index in [1.807, 2.05) is 41.9 Å². The van der Waals surface area contributed by atoms with Gasteiger partial charge in [0.2, 0.25) is 0 Å². The van der Waals surface area contributed by atoms with Crippen molar-refractivity contribution in [3.8, 4) is 17.1 Å². The standard InChI is InChI=1S/C15H14N4O/c1-19-11-16-8-12(19)10-20-13-5-6-15(18-9-13)14-4-2-3-7-17-14/h2-9,11H,10H2,1H3. The van der Waals surface area contributed by atoms with Crippen molar-refractivity contribution in [3.05, 3.63) is 60.9 Å². The van der Waals surface area contributed by atoms with Crippen LogP contribution in [0.4, 0.5) is 0 Å². The average Bonchev–Trinajstić information content (AvgIpc) is 2.92. The Hall–Kier alpha value is -2.69. The van der Waals surface area contributed by atoms with Crippen LogP contribution in [-0.4, -0.2) is 19.5 Å². The maximum Gasteiger partial charge on any atom is 0.138 e. The molecule has 3 heterocycles. The Morgan fingerprint density at radius 1 is 1.05 bits per heavy atom. The number of nitrogens with zero attached hydrogens (tertiary/aromatic N) is 4. The number of hydrogen-bond donors (Lipinski definition) is 0. The van der Waals surface area contributed by atoms with Gasteiger partial charge in [0.05, 0.1) is 35.8 Å². The van der Waals surface area contributed by atoms with E-state index < -0.39 is 0 Å². The molecule has 0 aromatic carbocycles. The molecular formula is C15H14N4O. The lowest BCUT2D eigenvalue weighted by Gasteiger charge is -2.07. The summed E-state index contributed by atoms with van der Waals surface area (Å²) in [6.07, 6.45) is 7.00. The Morgan fingerprint density at radius 3 is 2.60 bits per heavy atom. The molecule has 100 valence electrons. The number of rotatable bonds is 4. The molecule has 0 unspecified atom stereocenters. The van der Waals surface area contributed by atoms with Crippen LogP contribution in [0, 0.1) is 0 Å². The fraction of sp³-hybridized carbons (Fsp3) is 0.133. The number of aryl methyl sites for hydroxylation is 1. The first kappa shape index (κ1) is 12.3. The molecule has 0 amide bonds. The summed E-state index contributed by atoms with van der Waals surface area (Å²) >= 11 is 0. The maximum atomic E-state index is 5.68. The molecule has 0 aliphatic heterocycles. The summed E-state index contributed by atoms with van der Waals surface area (Å²) < 4.78 is 7.60. The molecule has 0 N–H and O–H groups in total. The first-order valence-corrected chi connectivity index (χ1v) is 6.28. The van der Waals surface area contributed by atoms with Gasteiger partial charge in [0.15, 0.2) is 0 Å². The summed E-state index contributed by atoms with van der Waals surface area (Å²) in [6.45, 7) is 0.473. The van der Waals surface area contributed by atoms with E-state index in [1.54, 1.807) is 24.9 Å². The van der Waals surface area contributed by atoms with E-state index in [0.717, 1.165) is 22.8 Å². The SMILES string of the molecule is Cn1cncc1COc1ccc(-c2ccccn2)nc1. The van der Waals surface area contributed by atoms with Crippen molar-refractivity contribution in [2.75, 3.05) is 0 Å². The highest BCUT2D eigenvalue weighted by Gasteiger charge is 2.02. The van der Waals surface area contributed by atoms with E-state index in [2.05, 4.69) is 15.0 Å². The van der Waals surface area contributed by atoms with E-state index in [4.69, 9.17) is 4.74 Å². The zero-order valence-electron chi connectivity index (χ0n) is 11.1. The maximum absolute atomic E-state index is 5.68.